The number of rotatable bonds is 5. The SMILES string of the molecule is CCc1cc(Sc2nnc(N3CCOCC3)s2)nc(-c2ccccn2)n1. The van der Waals surface area contributed by atoms with Gasteiger partial charge in [0.05, 0.1) is 13.2 Å². The van der Waals surface area contributed by atoms with Gasteiger partial charge in [0, 0.05) is 25.0 Å². The minimum absolute atomic E-state index is 0.644. The molecule has 9 heteroatoms. The van der Waals surface area contributed by atoms with Crippen molar-refractivity contribution in [3.05, 3.63) is 36.2 Å². The fraction of sp³-hybridized carbons (Fsp3) is 0.353. The van der Waals surface area contributed by atoms with Crippen LogP contribution in [0.2, 0.25) is 0 Å². The van der Waals surface area contributed by atoms with Gasteiger partial charge in [-0.05, 0) is 36.4 Å². The quantitative estimate of drug-likeness (QED) is 0.620. The first-order valence-electron chi connectivity index (χ1n) is 8.45. The number of hydrogen-bond acceptors (Lipinski definition) is 9. The number of nitrogens with zero attached hydrogens (tertiary/aromatic N) is 6. The predicted molar refractivity (Wildman–Crippen MR) is 102 cm³/mol. The highest BCUT2D eigenvalue weighted by atomic mass is 32.2. The number of ether oxygens (including phenoxy) is 1. The Morgan fingerprint density at radius 2 is 2.08 bits per heavy atom. The van der Waals surface area contributed by atoms with E-state index in [0.29, 0.717) is 5.82 Å². The van der Waals surface area contributed by atoms with Gasteiger partial charge in [-0.2, -0.15) is 0 Å². The van der Waals surface area contributed by atoms with E-state index in [1.54, 1.807) is 17.5 Å². The van der Waals surface area contributed by atoms with Crippen LogP contribution in [0.4, 0.5) is 5.13 Å². The van der Waals surface area contributed by atoms with E-state index in [2.05, 4.69) is 37.0 Å². The van der Waals surface area contributed by atoms with Crippen molar-refractivity contribution >= 4 is 28.2 Å². The lowest BCUT2D eigenvalue weighted by molar-refractivity contribution is 0.122. The summed E-state index contributed by atoms with van der Waals surface area (Å²) in [5, 5.41) is 10.4. The Hall–Kier alpha value is -2.10. The van der Waals surface area contributed by atoms with E-state index in [-0.39, 0.29) is 0 Å². The van der Waals surface area contributed by atoms with Gasteiger partial charge in [-0.25, -0.2) is 9.97 Å². The molecule has 134 valence electrons. The van der Waals surface area contributed by atoms with Gasteiger partial charge in [-0.15, -0.1) is 10.2 Å². The topological polar surface area (TPSA) is 76.9 Å². The molecule has 1 fully saturated rings. The van der Waals surface area contributed by atoms with Crippen molar-refractivity contribution in [3.63, 3.8) is 0 Å². The van der Waals surface area contributed by atoms with E-state index in [1.807, 2.05) is 24.3 Å². The summed E-state index contributed by atoms with van der Waals surface area (Å²) < 4.78 is 6.27. The van der Waals surface area contributed by atoms with Gasteiger partial charge < -0.3 is 9.64 Å². The zero-order valence-electron chi connectivity index (χ0n) is 14.3. The van der Waals surface area contributed by atoms with Gasteiger partial charge in [-0.1, -0.05) is 24.3 Å². The molecule has 0 spiro atoms. The second-order valence-electron chi connectivity index (χ2n) is 5.64. The number of anilines is 1. The summed E-state index contributed by atoms with van der Waals surface area (Å²) in [5.74, 6) is 0.644. The van der Waals surface area contributed by atoms with Crippen molar-refractivity contribution in [3.8, 4) is 11.5 Å². The third kappa shape index (κ3) is 4.00. The molecule has 0 unspecified atom stereocenters. The molecule has 26 heavy (non-hydrogen) atoms. The summed E-state index contributed by atoms with van der Waals surface area (Å²) in [6, 6.07) is 7.76. The summed E-state index contributed by atoms with van der Waals surface area (Å²) in [6.07, 6.45) is 2.59. The Kier molecular flexibility index (Phi) is 5.37. The fourth-order valence-electron chi connectivity index (χ4n) is 2.53. The summed E-state index contributed by atoms with van der Waals surface area (Å²) >= 11 is 3.10. The van der Waals surface area contributed by atoms with Gasteiger partial charge in [-0.3, -0.25) is 4.98 Å². The molecule has 3 aromatic heterocycles. The third-order valence-corrected chi connectivity index (χ3v) is 5.83. The van der Waals surface area contributed by atoms with Crippen molar-refractivity contribution in [1.82, 2.24) is 25.1 Å². The van der Waals surface area contributed by atoms with Crippen molar-refractivity contribution in [1.29, 1.82) is 0 Å². The number of aryl methyl sites for hydroxylation is 1. The highest BCUT2D eigenvalue weighted by Crippen LogP contribution is 2.33. The molecule has 4 heterocycles. The van der Waals surface area contributed by atoms with Crippen LogP contribution in [0.15, 0.2) is 39.8 Å². The van der Waals surface area contributed by atoms with E-state index in [0.717, 1.165) is 58.6 Å². The zero-order chi connectivity index (χ0) is 17.8. The minimum atomic E-state index is 0.644. The average Bonchev–Trinajstić information content (AvgIpc) is 3.17. The Bertz CT molecular complexity index is 867. The molecular formula is C17H18N6OS2. The van der Waals surface area contributed by atoms with E-state index in [1.165, 1.54) is 11.8 Å². The maximum atomic E-state index is 5.39. The molecule has 7 nitrogen and oxygen atoms in total. The van der Waals surface area contributed by atoms with Crippen molar-refractivity contribution in [2.75, 3.05) is 31.2 Å². The molecular weight excluding hydrogens is 368 g/mol. The van der Waals surface area contributed by atoms with Gasteiger partial charge in [0.25, 0.3) is 0 Å². The molecule has 1 aliphatic heterocycles. The lowest BCUT2D eigenvalue weighted by atomic mass is 10.3. The van der Waals surface area contributed by atoms with Gasteiger partial charge >= 0.3 is 0 Å². The Morgan fingerprint density at radius 1 is 1.19 bits per heavy atom. The summed E-state index contributed by atoms with van der Waals surface area (Å²) in [4.78, 5) is 15.8. The largest absolute Gasteiger partial charge is 0.378 e. The van der Waals surface area contributed by atoms with Crippen molar-refractivity contribution < 1.29 is 4.74 Å². The van der Waals surface area contributed by atoms with Crippen LogP contribution in [-0.2, 0) is 11.2 Å². The van der Waals surface area contributed by atoms with Crippen LogP contribution in [-0.4, -0.2) is 51.5 Å². The first-order chi connectivity index (χ1) is 12.8. The maximum absolute atomic E-state index is 5.39. The Labute approximate surface area is 159 Å². The molecule has 1 saturated heterocycles. The molecule has 0 aliphatic carbocycles. The fourth-order valence-corrected chi connectivity index (χ4v) is 4.40. The number of aromatic nitrogens is 5. The van der Waals surface area contributed by atoms with Gasteiger partial charge in [0.1, 0.15) is 10.7 Å². The van der Waals surface area contributed by atoms with Crippen LogP contribution in [0, 0.1) is 0 Å². The molecule has 0 saturated carbocycles. The zero-order valence-corrected chi connectivity index (χ0v) is 16.0. The third-order valence-electron chi connectivity index (χ3n) is 3.88. The Balaban J connectivity index is 1.57. The monoisotopic (exact) mass is 386 g/mol. The van der Waals surface area contributed by atoms with Crippen LogP contribution in [0.3, 0.4) is 0 Å². The normalized spacial score (nSPS) is 14.6. The van der Waals surface area contributed by atoms with Crippen LogP contribution in [0.25, 0.3) is 11.5 Å². The first-order valence-corrected chi connectivity index (χ1v) is 10.1. The molecule has 0 N–H and O–H groups in total. The summed E-state index contributed by atoms with van der Waals surface area (Å²) in [6.45, 7) is 5.27. The maximum Gasteiger partial charge on any atom is 0.209 e. The van der Waals surface area contributed by atoms with E-state index < -0.39 is 0 Å². The van der Waals surface area contributed by atoms with E-state index in [9.17, 15) is 0 Å². The lowest BCUT2D eigenvalue weighted by Gasteiger charge is -2.25. The Morgan fingerprint density at radius 3 is 2.85 bits per heavy atom. The molecule has 0 atom stereocenters. The lowest BCUT2D eigenvalue weighted by Crippen LogP contribution is -2.36. The van der Waals surface area contributed by atoms with E-state index >= 15 is 0 Å². The van der Waals surface area contributed by atoms with Crippen LogP contribution in [0.5, 0.6) is 0 Å². The molecule has 0 amide bonds. The van der Waals surface area contributed by atoms with Crippen molar-refractivity contribution in [2.24, 2.45) is 0 Å². The molecule has 0 aromatic carbocycles. The van der Waals surface area contributed by atoms with E-state index in [4.69, 9.17) is 4.74 Å². The summed E-state index contributed by atoms with van der Waals surface area (Å²) in [5.41, 5.74) is 1.76. The minimum Gasteiger partial charge on any atom is -0.378 e. The van der Waals surface area contributed by atoms with Crippen molar-refractivity contribution in [2.45, 2.75) is 22.7 Å². The van der Waals surface area contributed by atoms with Gasteiger partial charge in [0.2, 0.25) is 5.13 Å². The number of pyridine rings is 1. The van der Waals surface area contributed by atoms with Crippen LogP contribution < -0.4 is 4.90 Å². The highest BCUT2D eigenvalue weighted by Gasteiger charge is 2.17. The second-order valence-corrected chi connectivity index (χ2v) is 7.87. The highest BCUT2D eigenvalue weighted by molar-refractivity contribution is 8.01. The molecule has 4 rings (SSSR count). The standard InChI is InChI=1S/C17H18N6OS2/c1-2-12-11-14(20-15(19-12)13-5-3-4-6-18-13)25-17-22-21-16(26-17)23-7-9-24-10-8-23/h3-6,11H,2,7-10H2,1H3. The molecule has 0 bridgehead atoms. The molecule has 3 aromatic rings. The van der Waals surface area contributed by atoms with Crippen LogP contribution in [0.1, 0.15) is 12.6 Å². The summed E-state index contributed by atoms with van der Waals surface area (Å²) in [7, 11) is 0. The average molecular weight is 387 g/mol. The number of hydrogen-bond donors (Lipinski definition) is 0. The number of morpholine rings is 1. The first kappa shape index (κ1) is 17.3. The smallest absolute Gasteiger partial charge is 0.209 e. The van der Waals surface area contributed by atoms with Crippen LogP contribution >= 0.6 is 23.1 Å². The molecule has 0 radical (unpaired) electrons. The molecule has 1 aliphatic rings. The predicted octanol–water partition coefficient (Wildman–Crippen LogP) is 2.94. The second kappa shape index (κ2) is 8.07. The van der Waals surface area contributed by atoms with Gasteiger partial charge in [0.15, 0.2) is 10.2 Å².